The number of halogens is 4. The number of hydrogen-bond donors (Lipinski definition) is 0. The molecular weight excluding hydrogens is 202 g/mol. The number of nitrogens with zero attached hydrogens (tertiary/aromatic N) is 1. The SMILES string of the molecule is Cc1ccnc(F)c1C(=O)C(F)(F)F. The number of carbonyl (C=O) groups is 1. The third-order valence-electron chi connectivity index (χ3n) is 1.60. The molecule has 0 bridgehead atoms. The normalized spacial score (nSPS) is 11.5. The highest BCUT2D eigenvalue weighted by molar-refractivity contribution is 6.01. The molecular formula is C8H5F4NO. The molecule has 0 fully saturated rings. The summed E-state index contributed by atoms with van der Waals surface area (Å²) in [5.41, 5.74) is -1.10. The van der Waals surface area contributed by atoms with Crippen molar-refractivity contribution in [2.24, 2.45) is 0 Å². The molecule has 1 aromatic heterocycles. The molecule has 76 valence electrons. The third-order valence-corrected chi connectivity index (χ3v) is 1.60. The fourth-order valence-electron chi connectivity index (χ4n) is 0.940. The summed E-state index contributed by atoms with van der Waals surface area (Å²) >= 11 is 0. The minimum Gasteiger partial charge on any atom is -0.284 e. The molecule has 0 unspecified atom stereocenters. The minimum absolute atomic E-state index is 0.0835. The average Bonchev–Trinajstić information content (AvgIpc) is 2.01. The Kier molecular flexibility index (Phi) is 2.55. The minimum atomic E-state index is -5.07. The topological polar surface area (TPSA) is 30.0 Å². The van der Waals surface area contributed by atoms with E-state index in [0.29, 0.717) is 0 Å². The van der Waals surface area contributed by atoms with Crippen molar-refractivity contribution in [1.29, 1.82) is 0 Å². The summed E-state index contributed by atoms with van der Waals surface area (Å²) in [6.45, 7) is 1.21. The molecule has 0 saturated carbocycles. The smallest absolute Gasteiger partial charge is 0.284 e. The van der Waals surface area contributed by atoms with E-state index >= 15 is 0 Å². The van der Waals surface area contributed by atoms with Crippen LogP contribution in [0, 0.1) is 12.9 Å². The second-order valence-electron chi connectivity index (χ2n) is 2.62. The van der Waals surface area contributed by atoms with Gasteiger partial charge < -0.3 is 0 Å². The molecule has 0 amide bonds. The molecule has 0 aliphatic carbocycles. The first-order valence-electron chi connectivity index (χ1n) is 3.56. The number of aromatic nitrogens is 1. The fraction of sp³-hybridized carbons (Fsp3) is 0.250. The van der Waals surface area contributed by atoms with Crippen LogP contribution in [-0.4, -0.2) is 16.9 Å². The van der Waals surface area contributed by atoms with Crippen molar-refractivity contribution < 1.29 is 22.4 Å². The molecule has 0 N–H and O–H groups in total. The molecule has 0 radical (unpaired) electrons. The lowest BCUT2D eigenvalue weighted by molar-refractivity contribution is -0.0888. The van der Waals surface area contributed by atoms with Crippen LogP contribution in [0.3, 0.4) is 0 Å². The van der Waals surface area contributed by atoms with Crippen LogP contribution in [0.15, 0.2) is 12.3 Å². The van der Waals surface area contributed by atoms with Gasteiger partial charge in [-0.05, 0) is 18.6 Å². The second kappa shape index (κ2) is 3.36. The standard InChI is InChI=1S/C8H5F4NO/c1-4-2-3-13-7(9)5(4)6(14)8(10,11)12/h2-3H,1H3. The van der Waals surface area contributed by atoms with Gasteiger partial charge in [0.15, 0.2) is 0 Å². The highest BCUT2D eigenvalue weighted by Crippen LogP contribution is 2.24. The zero-order valence-corrected chi connectivity index (χ0v) is 7.02. The van der Waals surface area contributed by atoms with Crippen molar-refractivity contribution in [3.63, 3.8) is 0 Å². The number of hydrogen-bond acceptors (Lipinski definition) is 2. The Bertz CT molecular complexity index is 352. The molecule has 0 aliphatic heterocycles. The van der Waals surface area contributed by atoms with E-state index in [0.717, 1.165) is 12.3 Å². The van der Waals surface area contributed by atoms with Crippen LogP contribution >= 0.6 is 0 Å². The number of aryl methyl sites for hydroxylation is 1. The zero-order chi connectivity index (χ0) is 10.9. The first-order chi connectivity index (χ1) is 6.34. The molecule has 0 atom stereocenters. The van der Waals surface area contributed by atoms with Crippen molar-refractivity contribution in [3.05, 3.63) is 29.3 Å². The van der Waals surface area contributed by atoms with Crippen LogP contribution in [0.4, 0.5) is 17.6 Å². The van der Waals surface area contributed by atoms with Gasteiger partial charge in [0.1, 0.15) is 0 Å². The van der Waals surface area contributed by atoms with Crippen molar-refractivity contribution in [1.82, 2.24) is 4.98 Å². The van der Waals surface area contributed by atoms with Gasteiger partial charge in [-0.25, -0.2) is 4.98 Å². The quantitative estimate of drug-likeness (QED) is 0.401. The van der Waals surface area contributed by atoms with Crippen LogP contribution in [-0.2, 0) is 0 Å². The summed E-state index contributed by atoms with van der Waals surface area (Å²) in [5.74, 6) is -3.60. The van der Waals surface area contributed by atoms with Gasteiger partial charge in [0.2, 0.25) is 5.95 Å². The molecule has 0 saturated heterocycles. The van der Waals surface area contributed by atoms with Crippen LogP contribution in [0.1, 0.15) is 15.9 Å². The van der Waals surface area contributed by atoms with Gasteiger partial charge in [-0.1, -0.05) is 0 Å². The van der Waals surface area contributed by atoms with Gasteiger partial charge in [-0.2, -0.15) is 17.6 Å². The van der Waals surface area contributed by atoms with Crippen molar-refractivity contribution in [3.8, 4) is 0 Å². The van der Waals surface area contributed by atoms with Gasteiger partial charge in [0.05, 0.1) is 5.56 Å². The Hall–Kier alpha value is -1.46. The van der Waals surface area contributed by atoms with E-state index in [1.54, 1.807) is 0 Å². The number of pyridine rings is 1. The number of rotatable bonds is 1. The van der Waals surface area contributed by atoms with E-state index in [2.05, 4.69) is 4.98 Å². The Morgan fingerprint density at radius 3 is 2.43 bits per heavy atom. The Morgan fingerprint density at radius 1 is 1.43 bits per heavy atom. The Labute approximate surface area is 76.6 Å². The van der Waals surface area contributed by atoms with Gasteiger partial charge in [0, 0.05) is 6.20 Å². The van der Waals surface area contributed by atoms with Gasteiger partial charge in [-0.15, -0.1) is 0 Å². The number of Topliss-reactive ketones (excluding diaryl/α,β-unsaturated/α-hetero) is 1. The highest BCUT2D eigenvalue weighted by atomic mass is 19.4. The molecule has 1 aromatic rings. The highest BCUT2D eigenvalue weighted by Gasteiger charge is 2.41. The van der Waals surface area contributed by atoms with Gasteiger partial charge in [0.25, 0.3) is 5.78 Å². The third kappa shape index (κ3) is 1.89. The lowest BCUT2D eigenvalue weighted by Crippen LogP contribution is -2.25. The fourth-order valence-corrected chi connectivity index (χ4v) is 0.940. The first-order valence-corrected chi connectivity index (χ1v) is 3.56. The molecule has 0 aromatic carbocycles. The zero-order valence-electron chi connectivity index (χ0n) is 7.02. The summed E-state index contributed by atoms with van der Waals surface area (Å²) in [6, 6.07) is 1.14. The van der Waals surface area contributed by atoms with Crippen LogP contribution < -0.4 is 0 Å². The number of carbonyl (C=O) groups excluding carboxylic acids is 1. The van der Waals surface area contributed by atoms with Crippen molar-refractivity contribution >= 4 is 5.78 Å². The summed E-state index contributed by atoms with van der Waals surface area (Å²) in [6.07, 6.45) is -4.08. The summed E-state index contributed by atoms with van der Waals surface area (Å²) in [7, 11) is 0. The summed E-state index contributed by atoms with van der Waals surface area (Å²) in [4.78, 5) is 13.7. The first kappa shape index (κ1) is 10.6. The van der Waals surface area contributed by atoms with Crippen molar-refractivity contribution in [2.75, 3.05) is 0 Å². The molecule has 1 rings (SSSR count). The van der Waals surface area contributed by atoms with Gasteiger partial charge >= 0.3 is 6.18 Å². The predicted molar refractivity (Wildman–Crippen MR) is 39.3 cm³/mol. The average molecular weight is 207 g/mol. The van der Waals surface area contributed by atoms with E-state index in [1.165, 1.54) is 6.92 Å². The monoisotopic (exact) mass is 207 g/mol. The molecule has 0 aliphatic rings. The number of ketones is 1. The molecule has 0 spiro atoms. The van der Waals surface area contributed by atoms with Crippen molar-refractivity contribution in [2.45, 2.75) is 13.1 Å². The van der Waals surface area contributed by atoms with Gasteiger partial charge in [-0.3, -0.25) is 4.79 Å². The largest absolute Gasteiger partial charge is 0.455 e. The number of alkyl halides is 3. The van der Waals surface area contributed by atoms with Crippen LogP contribution in [0.2, 0.25) is 0 Å². The summed E-state index contributed by atoms with van der Waals surface area (Å²) in [5, 5.41) is 0. The van der Waals surface area contributed by atoms with Crippen LogP contribution in [0.25, 0.3) is 0 Å². The Balaban J connectivity index is 3.26. The molecule has 1 heterocycles. The molecule has 6 heteroatoms. The Morgan fingerprint density at radius 2 is 2.00 bits per heavy atom. The maximum atomic E-state index is 12.8. The van der Waals surface area contributed by atoms with E-state index < -0.39 is 23.5 Å². The van der Waals surface area contributed by atoms with E-state index in [9.17, 15) is 22.4 Å². The maximum Gasteiger partial charge on any atom is 0.455 e. The predicted octanol–water partition coefficient (Wildman–Crippen LogP) is 2.27. The second-order valence-corrected chi connectivity index (χ2v) is 2.62. The van der Waals surface area contributed by atoms with Crippen LogP contribution in [0.5, 0.6) is 0 Å². The molecule has 2 nitrogen and oxygen atoms in total. The van der Waals surface area contributed by atoms with E-state index in [-0.39, 0.29) is 5.56 Å². The lowest BCUT2D eigenvalue weighted by Gasteiger charge is -2.07. The summed E-state index contributed by atoms with van der Waals surface area (Å²) < 4.78 is 48.7. The maximum absolute atomic E-state index is 12.8. The van der Waals surface area contributed by atoms with E-state index in [1.807, 2.05) is 0 Å². The molecule has 14 heavy (non-hydrogen) atoms. The lowest BCUT2D eigenvalue weighted by atomic mass is 10.1. The van der Waals surface area contributed by atoms with E-state index in [4.69, 9.17) is 0 Å².